The van der Waals surface area contributed by atoms with E-state index in [2.05, 4.69) is 11.2 Å². The van der Waals surface area contributed by atoms with E-state index in [1.54, 1.807) is 18.2 Å². The van der Waals surface area contributed by atoms with E-state index in [1.807, 2.05) is 20.8 Å². The molecule has 0 unspecified atom stereocenters. The molecule has 0 aromatic heterocycles. The second kappa shape index (κ2) is 7.35. The highest BCUT2D eigenvalue weighted by Crippen LogP contribution is 2.21. The molecular formula is C16H21ClN2O2. The lowest BCUT2D eigenvalue weighted by atomic mass is 10.1. The van der Waals surface area contributed by atoms with Crippen molar-refractivity contribution in [2.24, 2.45) is 5.73 Å². The van der Waals surface area contributed by atoms with Crippen LogP contribution in [0, 0.1) is 12.3 Å². The highest BCUT2D eigenvalue weighted by atomic mass is 35.5. The molecule has 0 bridgehead atoms. The Balaban J connectivity index is 2.68. The molecule has 0 spiro atoms. The molecule has 0 saturated carbocycles. The molecule has 0 fully saturated rings. The Kier molecular flexibility index (Phi) is 6.07. The standard InChI is InChI=1S/C16H21ClN2O2/c1-5-11-6-7-12(8-14(11)17)19-13(10-18)9-15(20)21-16(2,3)4/h1,6-8,13,19H,9-10,18H2,2-4H3/t13-/m0/s1. The Hall–Kier alpha value is -1.70. The lowest BCUT2D eigenvalue weighted by molar-refractivity contribution is -0.155. The second-order valence-electron chi connectivity index (χ2n) is 5.71. The third-order valence-corrected chi connectivity index (χ3v) is 2.93. The van der Waals surface area contributed by atoms with Crippen molar-refractivity contribution in [2.45, 2.75) is 38.8 Å². The van der Waals surface area contributed by atoms with Crippen LogP contribution in [0.15, 0.2) is 18.2 Å². The predicted molar refractivity (Wildman–Crippen MR) is 86.3 cm³/mol. The van der Waals surface area contributed by atoms with Crippen molar-refractivity contribution in [3.05, 3.63) is 28.8 Å². The maximum Gasteiger partial charge on any atom is 0.308 e. The summed E-state index contributed by atoms with van der Waals surface area (Å²) in [5.74, 6) is 2.19. The van der Waals surface area contributed by atoms with Crippen molar-refractivity contribution in [1.82, 2.24) is 0 Å². The molecule has 3 N–H and O–H groups in total. The first kappa shape index (κ1) is 17.4. The number of carbonyl (C=O) groups is 1. The van der Waals surface area contributed by atoms with E-state index in [9.17, 15) is 4.79 Å². The SMILES string of the molecule is C#Cc1ccc(N[C@H](CN)CC(=O)OC(C)(C)C)cc1Cl. The van der Waals surface area contributed by atoms with Gasteiger partial charge in [-0.05, 0) is 39.0 Å². The lowest BCUT2D eigenvalue weighted by Gasteiger charge is -2.23. The Morgan fingerprint density at radius 1 is 1.52 bits per heavy atom. The molecule has 1 atom stereocenters. The normalized spacial score (nSPS) is 12.4. The first-order chi connectivity index (χ1) is 9.75. The summed E-state index contributed by atoms with van der Waals surface area (Å²) in [5.41, 5.74) is 6.57. The average molecular weight is 309 g/mol. The minimum absolute atomic E-state index is 0.183. The number of halogens is 1. The Morgan fingerprint density at radius 2 is 2.19 bits per heavy atom. The zero-order chi connectivity index (χ0) is 16.0. The molecule has 1 rings (SSSR count). The molecule has 5 heteroatoms. The van der Waals surface area contributed by atoms with Crippen LogP contribution in [0.3, 0.4) is 0 Å². The number of esters is 1. The summed E-state index contributed by atoms with van der Waals surface area (Å²) in [7, 11) is 0. The number of hydrogen-bond acceptors (Lipinski definition) is 4. The zero-order valence-corrected chi connectivity index (χ0v) is 13.3. The van der Waals surface area contributed by atoms with E-state index in [4.69, 9.17) is 28.5 Å². The number of carbonyl (C=O) groups excluding carboxylic acids is 1. The number of nitrogens with one attached hydrogen (secondary N) is 1. The van der Waals surface area contributed by atoms with Crippen molar-refractivity contribution in [3.8, 4) is 12.3 Å². The summed E-state index contributed by atoms with van der Waals surface area (Å²) < 4.78 is 5.28. The molecule has 0 heterocycles. The van der Waals surface area contributed by atoms with E-state index in [0.717, 1.165) is 5.69 Å². The topological polar surface area (TPSA) is 64.3 Å². The van der Waals surface area contributed by atoms with E-state index in [-0.39, 0.29) is 18.4 Å². The maximum atomic E-state index is 11.8. The average Bonchev–Trinajstić information content (AvgIpc) is 2.36. The van der Waals surface area contributed by atoms with E-state index >= 15 is 0 Å². The summed E-state index contributed by atoms with van der Waals surface area (Å²) in [6, 6.07) is 5.03. The molecule has 0 saturated heterocycles. The molecule has 1 aromatic rings. The van der Waals surface area contributed by atoms with Gasteiger partial charge in [-0.15, -0.1) is 6.42 Å². The minimum Gasteiger partial charge on any atom is -0.460 e. The number of benzene rings is 1. The minimum atomic E-state index is -0.506. The number of terminal acetylenes is 1. The fourth-order valence-corrected chi connectivity index (χ4v) is 1.97. The molecule has 4 nitrogen and oxygen atoms in total. The van der Waals surface area contributed by atoms with Gasteiger partial charge in [0.05, 0.1) is 11.4 Å². The van der Waals surface area contributed by atoms with Gasteiger partial charge in [0.1, 0.15) is 5.60 Å². The molecule has 1 aromatic carbocycles. The summed E-state index contributed by atoms with van der Waals surface area (Å²) in [6.07, 6.45) is 5.50. The number of hydrogen-bond donors (Lipinski definition) is 2. The van der Waals surface area contributed by atoms with Gasteiger partial charge >= 0.3 is 5.97 Å². The molecule has 0 aliphatic heterocycles. The summed E-state index contributed by atoms with van der Waals surface area (Å²) >= 11 is 6.04. The van der Waals surface area contributed by atoms with E-state index in [1.165, 1.54) is 0 Å². The van der Waals surface area contributed by atoms with Gasteiger partial charge in [0, 0.05) is 23.8 Å². The van der Waals surface area contributed by atoms with Crippen molar-refractivity contribution in [3.63, 3.8) is 0 Å². The first-order valence-corrected chi connectivity index (χ1v) is 7.07. The van der Waals surface area contributed by atoms with Gasteiger partial charge in [-0.3, -0.25) is 4.79 Å². The highest BCUT2D eigenvalue weighted by molar-refractivity contribution is 6.32. The van der Waals surface area contributed by atoms with Crippen LogP contribution in [0.25, 0.3) is 0 Å². The second-order valence-corrected chi connectivity index (χ2v) is 6.11. The van der Waals surface area contributed by atoms with Crippen molar-refractivity contribution < 1.29 is 9.53 Å². The molecule has 0 amide bonds. The van der Waals surface area contributed by atoms with Gasteiger partial charge < -0.3 is 15.8 Å². The van der Waals surface area contributed by atoms with E-state index < -0.39 is 5.60 Å². The largest absolute Gasteiger partial charge is 0.460 e. The van der Waals surface area contributed by atoms with Gasteiger partial charge in [-0.2, -0.15) is 0 Å². The Bertz CT molecular complexity index is 544. The van der Waals surface area contributed by atoms with Gasteiger partial charge in [0.15, 0.2) is 0 Å². The number of ether oxygens (including phenoxy) is 1. The summed E-state index contributed by atoms with van der Waals surface area (Å²) in [6.45, 7) is 5.78. The predicted octanol–water partition coefficient (Wildman–Crippen LogP) is 2.79. The molecular weight excluding hydrogens is 288 g/mol. The molecule has 114 valence electrons. The van der Waals surface area contributed by atoms with Crippen molar-refractivity contribution in [1.29, 1.82) is 0 Å². The van der Waals surface area contributed by atoms with E-state index in [0.29, 0.717) is 17.1 Å². The number of anilines is 1. The molecule has 0 aliphatic carbocycles. The maximum absolute atomic E-state index is 11.8. The van der Waals surface area contributed by atoms with Gasteiger partial charge in [-0.25, -0.2) is 0 Å². The van der Waals surface area contributed by atoms with Crippen LogP contribution >= 0.6 is 11.6 Å². The molecule has 0 aliphatic rings. The van der Waals surface area contributed by atoms with Gasteiger partial charge in [0.2, 0.25) is 0 Å². The summed E-state index contributed by atoms with van der Waals surface area (Å²) in [4.78, 5) is 11.8. The third-order valence-electron chi connectivity index (χ3n) is 2.61. The Morgan fingerprint density at radius 3 is 2.67 bits per heavy atom. The third kappa shape index (κ3) is 6.07. The highest BCUT2D eigenvalue weighted by Gasteiger charge is 2.20. The first-order valence-electron chi connectivity index (χ1n) is 6.70. The fourth-order valence-electron chi connectivity index (χ4n) is 1.74. The van der Waals surface area contributed by atoms with Gasteiger partial charge in [0.25, 0.3) is 0 Å². The monoisotopic (exact) mass is 308 g/mol. The Labute approximate surface area is 131 Å². The lowest BCUT2D eigenvalue weighted by Crippen LogP contribution is -2.34. The quantitative estimate of drug-likeness (QED) is 0.648. The molecule has 21 heavy (non-hydrogen) atoms. The van der Waals surface area contributed by atoms with Crippen molar-refractivity contribution in [2.75, 3.05) is 11.9 Å². The van der Waals surface area contributed by atoms with Crippen LogP contribution in [0.5, 0.6) is 0 Å². The van der Waals surface area contributed by atoms with Crippen molar-refractivity contribution >= 4 is 23.3 Å². The fraction of sp³-hybridized carbons (Fsp3) is 0.438. The number of nitrogens with two attached hydrogens (primary N) is 1. The van der Waals surface area contributed by atoms with Crippen LogP contribution in [-0.4, -0.2) is 24.2 Å². The van der Waals surface area contributed by atoms with Crippen LogP contribution in [-0.2, 0) is 9.53 Å². The molecule has 0 radical (unpaired) electrons. The zero-order valence-electron chi connectivity index (χ0n) is 12.6. The smallest absolute Gasteiger partial charge is 0.308 e. The number of rotatable bonds is 5. The van der Waals surface area contributed by atoms with Gasteiger partial charge in [-0.1, -0.05) is 17.5 Å². The van der Waals surface area contributed by atoms with Crippen LogP contribution < -0.4 is 11.1 Å². The summed E-state index contributed by atoms with van der Waals surface area (Å²) in [5, 5.41) is 3.64. The van der Waals surface area contributed by atoms with Crippen LogP contribution in [0.4, 0.5) is 5.69 Å². The van der Waals surface area contributed by atoms with Crippen LogP contribution in [0.1, 0.15) is 32.8 Å². The van der Waals surface area contributed by atoms with Crippen LogP contribution in [0.2, 0.25) is 5.02 Å².